The average Bonchev–Trinajstić information content (AvgIpc) is 3.47. The summed E-state index contributed by atoms with van der Waals surface area (Å²) in [5.41, 5.74) is 2.39. The first kappa shape index (κ1) is 18.5. The normalized spacial score (nSPS) is 19.6. The highest BCUT2D eigenvalue weighted by Crippen LogP contribution is 2.37. The van der Waals surface area contributed by atoms with Gasteiger partial charge in [-0.05, 0) is 34.4 Å². The van der Waals surface area contributed by atoms with Crippen molar-refractivity contribution in [2.45, 2.75) is 37.3 Å². The molecule has 1 saturated heterocycles. The molecule has 6 heteroatoms. The number of aromatic nitrogens is 4. The molecule has 29 heavy (non-hydrogen) atoms. The van der Waals surface area contributed by atoms with E-state index in [9.17, 15) is 0 Å². The summed E-state index contributed by atoms with van der Waals surface area (Å²) in [4.78, 5) is 1.58. The topological polar surface area (TPSA) is 57.3 Å². The molecule has 1 aromatic heterocycles. The van der Waals surface area contributed by atoms with Crippen LogP contribution in [0.1, 0.15) is 48.7 Å². The highest BCUT2D eigenvalue weighted by atomic mass is 16.5. The third-order valence-electron chi connectivity index (χ3n) is 6.63. The number of morpholine rings is 1. The minimum atomic E-state index is -0.0275. The van der Waals surface area contributed by atoms with Crippen molar-refractivity contribution < 1.29 is 9.64 Å². The molecule has 0 amide bonds. The molecule has 2 heterocycles. The Morgan fingerprint density at radius 3 is 2.03 bits per heavy atom. The molecule has 1 aliphatic carbocycles. The maximum atomic E-state index is 5.66. The van der Waals surface area contributed by atoms with E-state index in [0.717, 1.165) is 45.0 Å². The van der Waals surface area contributed by atoms with Crippen molar-refractivity contribution in [2.75, 3.05) is 26.3 Å². The number of hydrogen-bond acceptors (Lipinski definition) is 4. The largest absolute Gasteiger partial charge is 0.370 e. The van der Waals surface area contributed by atoms with Gasteiger partial charge < -0.3 is 9.64 Å². The van der Waals surface area contributed by atoms with Gasteiger partial charge in [-0.25, -0.2) is 4.68 Å². The van der Waals surface area contributed by atoms with E-state index in [1.807, 2.05) is 0 Å². The summed E-state index contributed by atoms with van der Waals surface area (Å²) in [6, 6.07) is 21.1. The Labute approximate surface area is 171 Å². The van der Waals surface area contributed by atoms with Crippen molar-refractivity contribution >= 4 is 0 Å². The molecular weight excluding hydrogens is 362 g/mol. The number of nitrogens with zero attached hydrogens (tertiary/aromatic N) is 4. The lowest BCUT2D eigenvalue weighted by Crippen LogP contribution is -3.20. The van der Waals surface area contributed by atoms with Gasteiger partial charge in [-0.3, -0.25) is 0 Å². The molecular formula is C23H28N5O+. The molecule has 2 fully saturated rings. The first-order valence-corrected chi connectivity index (χ1v) is 10.7. The predicted molar refractivity (Wildman–Crippen MR) is 110 cm³/mol. The molecule has 0 atom stereocenters. The second-order valence-corrected chi connectivity index (χ2v) is 8.18. The van der Waals surface area contributed by atoms with Gasteiger partial charge in [-0.2, -0.15) is 0 Å². The van der Waals surface area contributed by atoms with E-state index < -0.39 is 0 Å². The molecule has 0 unspecified atom stereocenters. The van der Waals surface area contributed by atoms with Crippen molar-refractivity contribution in [3.8, 4) is 0 Å². The van der Waals surface area contributed by atoms with Gasteiger partial charge in [0, 0.05) is 12.8 Å². The lowest BCUT2D eigenvalue weighted by molar-refractivity contribution is -0.968. The van der Waals surface area contributed by atoms with Gasteiger partial charge in [-0.15, -0.1) is 5.10 Å². The molecule has 1 aliphatic heterocycles. The molecule has 1 N–H and O–H groups in total. The zero-order valence-electron chi connectivity index (χ0n) is 16.7. The standard InChI is InChI=1S/C23H27N5O/c1-3-9-19(10-4-1)21(20-11-5-2-6-12-20)28-22(24-25-26-28)23(13-7-8-14-23)27-15-17-29-18-16-27/h1-6,9-12,21H,7-8,13-18H2/p+1. The molecule has 0 bridgehead atoms. The van der Waals surface area contributed by atoms with Gasteiger partial charge in [0.25, 0.3) is 0 Å². The van der Waals surface area contributed by atoms with Gasteiger partial charge in [0.05, 0.1) is 13.2 Å². The second-order valence-electron chi connectivity index (χ2n) is 8.18. The molecule has 2 aromatic carbocycles. The average molecular weight is 391 g/mol. The van der Waals surface area contributed by atoms with Gasteiger partial charge in [-0.1, -0.05) is 60.7 Å². The molecule has 0 spiro atoms. The lowest BCUT2D eigenvalue weighted by Gasteiger charge is -2.39. The summed E-state index contributed by atoms with van der Waals surface area (Å²) in [7, 11) is 0. The monoisotopic (exact) mass is 390 g/mol. The van der Waals surface area contributed by atoms with Crippen LogP contribution >= 0.6 is 0 Å². The Kier molecular flexibility index (Phi) is 5.12. The Hall–Kier alpha value is -2.57. The lowest BCUT2D eigenvalue weighted by atomic mass is 9.91. The first-order valence-electron chi connectivity index (χ1n) is 10.7. The Morgan fingerprint density at radius 1 is 0.862 bits per heavy atom. The van der Waals surface area contributed by atoms with Crippen LogP contribution in [0.5, 0.6) is 0 Å². The van der Waals surface area contributed by atoms with Gasteiger partial charge in [0.1, 0.15) is 19.1 Å². The van der Waals surface area contributed by atoms with Crippen molar-refractivity contribution in [3.05, 3.63) is 77.6 Å². The molecule has 0 radical (unpaired) electrons. The van der Waals surface area contributed by atoms with Crippen molar-refractivity contribution in [2.24, 2.45) is 0 Å². The van der Waals surface area contributed by atoms with Crippen LogP contribution < -0.4 is 4.90 Å². The molecule has 150 valence electrons. The van der Waals surface area contributed by atoms with Crippen LogP contribution in [-0.2, 0) is 10.3 Å². The van der Waals surface area contributed by atoms with E-state index in [-0.39, 0.29) is 11.6 Å². The Balaban J connectivity index is 1.63. The highest BCUT2D eigenvalue weighted by Gasteiger charge is 2.50. The molecule has 1 saturated carbocycles. The van der Waals surface area contributed by atoms with Gasteiger partial charge in [0.15, 0.2) is 5.54 Å². The van der Waals surface area contributed by atoms with Crippen LogP contribution in [0, 0.1) is 0 Å². The van der Waals surface area contributed by atoms with Crippen LogP contribution in [0.15, 0.2) is 60.7 Å². The summed E-state index contributed by atoms with van der Waals surface area (Å²) < 4.78 is 7.75. The van der Waals surface area contributed by atoms with Crippen LogP contribution in [0.4, 0.5) is 0 Å². The van der Waals surface area contributed by atoms with Crippen LogP contribution in [0.2, 0.25) is 0 Å². The summed E-state index contributed by atoms with van der Waals surface area (Å²) in [5.74, 6) is 1.03. The third-order valence-corrected chi connectivity index (χ3v) is 6.63. The zero-order chi connectivity index (χ0) is 19.5. The number of ether oxygens (including phenoxy) is 1. The summed E-state index contributed by atoms with van der Waals surface area (Å²) in [5, 5.41) is 13.4. The van der Waals surface area contributed by atoms with E-state index >= 15 is 0 Å². The van der Waals surface area contributed by atoms with E-state index in [1.165, 1.54) is 24.0 Å². The molecule has 2 aliphatic rings. The quantitative estimate of drug-likeness (QED) is 0.724. The van der Waals surface area contributed by atoms with E-state index in [2.05, 4.69) is 80.9 Å². The molecule has 6 nitrogen and oxygen atoms in total. The third kappa shape index (κ3) is 3.36. The maximum absolute atomic E-state index is 5.66. The summed E-state index contributed by atoms with van der Waals surface area (Å²) in [6.07, 6.45) is 4.75. The van der Waals surface area contributed by atoms with Crippen LogP contribution in [0.3, 0.4) is 0 Å². The molecule has 5 rings (SSSR count). The number of tetrazole rings is 1. The Bertz CT molecular complexity index is 875. The maximum Gasteiger partial charge on any atom is 0.213 e. The fourth-order valence-electron chi connectivity index (χ4n) is 5.24. The minimum Gasteiger partial charge on any atom is -0.370 e. The van der Waals surface area contributed by atoms with Gasteiger partial charge >= 0.3 is 0 Å². The van der Waals surface area contributed by atoms with Crippen LogP contribution in [-0.4, -0.2) is 46.5 Å². The second kappa shape index (κ2) is 8.05. The highest BCUT2D eigenvalue weighted by molar-refractivity contribution is 5.33. The predicted octanol–water partition coefficient (Wildman–Crippen LogP) is 2.00. The minimum absolute atomic E-state index is 0.0188. The first-order chi connectivity index (χ1) is 14.4. The summed E-state index contributed by atoms with van der Waals surface area (Å²) >= 11 is 0. The van der Waals surface area contributed by atoms with Gasteiger partial charge in [0.2, 0.25) is 5.82 Å². The van der Waals surface area contributed by atoms with Crippen molar-refractivity contribution in [3.63, 3.8) is 0 Å². The van der Waals surface area contributed by atoms with E-state index in [1.54, 1.807) is 4.90 Å². The fourth-order valence-corrected chi connectivity index (χ4v) is 5.24. The zero-order valence-corrected chi connectivity index (χ0v) is 16.7. The van der Waals surface area contributed by atoms with Crippen LogP contribution in [0.25, 0.3) is 0 Å². The number of hydrogen-bond donors (Lipinski definition) is 1. The fraction of sp³-hybridized carbons (Fsp3) is 0.435. The molecule has 3 aromatic rings. The Morgan fingerprint density at radius 2 is 1.45 bits per heavy atom. The number of benzene rings is 2. The SMILES string of the molecule is c1ccc(C(c2ccccc2)n2nnnc2C2([NH+]3CCOCC3)CCCC2)cc1. The van der Waals surface area contributed by atoms with Crippen molar-refractivity contribution in [1.29, 1.82) is 0 Å². The van der Waals surface area contributed by atoms with E-state index in [4.69, 9.17) is 4.74 Å². The number of quaternary nitrogens is 1. The smallest absolute Gasteiger partial charge is 0.213 e. The van der Waals surface area contributed by atoms with Crippen molar-refractivity contribution in [1.82, 2.24) is 20.2 Å². The van der Waals surface area contributed by atoms with E-state index in [0.29, 0.717) is 0 Å². The number of rotatable bonds is 5. The number of nitrogens with one attached hydrogen (secondary N) is 1. The summed E-state index contributed by atoms with van der Waals surface area (Å²) in [6.45, 7) is 3.68.